The molecule has 0 fully saturated rings. The molecule has 0 aliphatic heterocycles. The molecule has 0 bridgehead atoms. The number of aliphatic hydroxyl groups excluding tert-OH is 1. The van der Waals surface area contributed by atoms with Gasteiger partial charge in [-0.2, -0.15) is 5.26 Å². The fourth-order valence-electron chi connectivity index (χ4n) is 1.66. The van der Waals surface area contributed by atoms with Crippen molar-refractivity contribution in [2.24, 2.45) is 0 Å². The van der Waals surface area contributed by atoms with Crippen molar-refractivity contribution in [3.63, 3.8) is 0 Å². The van der Waals surface area contributed by atoms with Crippen LogP contribution in [0.25, 0.3) is 10.1 Å². The molecule has 4 heteroatoms. The van der Waals surface area contributed by atoms with Crippen LogP contribution in [-0.2, 0) is 4.74 Å². The summed E-state index contributed by atoms with van der Waals surface area (Å²) in [6.45, 7) is 0.488. The van der Waals surface area contributed by atoms with E-state index in [1.54, 1.807) is 11.3 Å². The Bertz CT molecular complexity index is 529. The number of benzene rings is 1. The molecule has 0 spiro atoms. The van der Waals surface area contributed by atoms with Gasteiger partial charge in [-0.15, -0.1) is 11.3 Å². The maximum Gasteiger partial charge on any atom is 0.170 e. The molecule has 17 heavy (non-hydrogen) atoms. The minimum atomic E-state index is -0.544. The van der Waals surface area contributed by atoms with Gasteiger partial charge in [0, 0.05) is 16.9 Å². The van der Waals surface area contributed by atoms with Crippen LogP contribution in [0, 0.1) is 11.3 Å². The summed E-state index contributed by atoms with van der Waals surface area (Å²) in [6, 6.07) is 10.1. The minimum Gasteiger partial charge on any atom is -0.396 e. The van der Waals surface area contributed by atoms with Gasteiger partial charge in [0.15, 0.2) is 6.10 Å². The molecule has 1 aromatic carbocycles. The van der Waals surface area contributed by atoms with Gasteiger partial charge in [0.2, 0.25) is 0 Å². The number of hydrogen-bond acceptors (Lipinski definition) is 4. The number of thiophene rings is 1. The van der Waals surface area contributed by atoms with E-state index in [9.17, 15) is 0 Å². The van der Waals surface area contributed by atoms with E-state index < -0.39 is 6.10 Å². The smallest absolute Gasteiger partial charge is 0.170 e. The van der Waals surface area contributed by atoms with Gasteiger partial charge in [-0.3, -0.25) is 0 Å². The second kappa shape index (κ2) is 5.78. The monoisotopic (exact) mass is 247 g/mol. The molecule has 2 rings (SSSR count). The second-order valence-electron chi connectivity index (χ2n) is 3.64. The summed E-state index contributed by atoms with van der Waals surface area (Å²) in [6.07, 6.45) is 0.0120. The summed E-state index contributed by atoms with van der Waals surface area (Å²) in [5, 5.41) is 20.9. The van der Waals surface area contributed by atoms with Crippen molar-refractivity contribution in [2.45, 2.75) is 12.5 Å². The lowest BCUT2D eigenvalue weighted by atomic mass is 10.1. The van der Waals surface area contributed by atoms with Gasteiger partial charge < -0.3 is 9.84 Å². The highest BCUT2D eigenvalue weighted by atomic mass is 32.1. The molecule has 3 nitrogen and oxygen atoms in total. The molecular formula is C13H13NO2S. The SMILES string of the molecule is N#CC(OCCCO)c1csc2ccccc12. The third-order valence-electron chi connectivity index (χ3n) is 2.50. The first-order chi connectivity index (χ1) is 8.36. The highest BCUT2D eigenvalue weighted by Crippen LogP contribution is 2.31. The number of ether oxygens (including phenoxy) is 1. The third-order valence-corrected chi connectivity index (χ3v) is 3.48. The van der Waals surface area contributed by atoms with Crippen LogP contribution in [-0.4, -0.2) is 18.3 Å². The van der Waals surface area contributed by atoms with Crippen LogP contribution < -0.4 is 0 Å². The van der Waals surface area contributed by atoms with Gasteiger partial charge in [-0.1, -0.05) is 18.2 Å². The quantitative estimate of drug-likeness (QED) is 0.826. The number of nitrogens with zero attached hydrogens (tertiary/aromatic N) is 1. The zero-order valence-electron chi connectivity index (χ0n) is 9.30. The van der Waals surface area contributed by atoms with Crippen LogP contribution in [0.1, 0.15) is 18.1 Å². The molecule has 0 aliphatic rings. The number of hydrogen-bond donors (Lipinski definition) is 1. The van der Waals surface area contributed by atoms with Gasteiger partial charge in [0.25, 0.3) is 0 Å². The Morgan fingerprint density at radius 2 is 2.24 bits per heavy atom. The standard InChI is InChI=1S/C13H13NO2S/c14-8-12(16-7-3-6-15)11-9-17-13-5-2-1-4-10(11)13/h1-2,4-5,9,12,15H,3,6-7H2. The van der Waals surface area contributed by atoms with Gasteiger partial charge >= 0.3 is 0 Å². The van der Waals surface area contributed by atoms with Crippen LogP contribution >= 0.6 is 11.3 Å². The molecule has 0 aliphatic carbocycles. The van der Waals surface area contributed by atoms with Crippen LogP contribution in [0.4, 0.5) is 0 Å². The Labute approximate surface area is 104 Å². The predicted octanol–water partition coefficient (Wildman–Crippen LogP) is 2.86. The minimum absolute atomic E-state index is 0.0858. The maximum absolute atomic E-state index is 9.12. The summed E-state index contributed by atoms with van der Waals surface area (Å²) in [7, 11) is 0. The van der Waals surface area contributed by atoms with Crippen LogP contribution in [0.3, 0.4) is 0 Å². The second-order valence-corrected chi connectivity index (χ2v) is 4.56. The summed E-state index contributed by atoms with van der Waals surface area (Å²) in [5.41, 5.74) is 0.922. The fourth-order valence-corrected chi connectivity index (χ4v) is 2.64. The van der Waals surface area contributed by atoms with Crippen LogP contribution in [0.2, 0.25) is 0 Å². The lowest BCUT2D eigenvalue weighted by Gasteiger charge is -2.09. The average Bonchev–Trinajstić information content (AvgIpc) is 2.79. The molecule has 2 aromatic rings. The molecule has 1 aromatic heterocycles. The first-order valence-electron chi connectivity index (χ1n) is 5.45. The van der Waals surface area contributed by atoms with Crippen molar-refractivity contribution in [3.05, 3.63) is 35.2 Å². The molecule has 0 saturated heterocycles. The maximum atomic E-state index is 9.12. The fraction of sp³-hybridized carbons (Fsp3) is 0.308. The molecule has 0 radical (unpaired) electrons. The lowest BCUT2D eigenvalue weighted by molar-refractivity contribution is 0.0784. The summed E-state index contributed by atoms with van der Waals surface area (Å²) in [5.74, 6) is 0. The molecule has 1 unspecified atom stereocenters. The van der Waals surface area contributed by atoms with Crippen molar-refractivity contribution in [2.75, 3.05) is 13.2 Å². The lowest BCUT2D eigenvalue weighted by Crippen LogP contribution is -2.04. The van der Waals surface area contributed by atoms with E-state index in [1.165, 1.54) is 0 Å². The van der Waals surface area contributed by atoms with E-state index in [2.05, 4.69) is 6.07 Å². The summed E-state index contributed by atoms with van der Waals surface area (Å²) >= 11 is 1.62. The van der Waals surface area contributed by atoms with Gasteiger partial charge in [-0.25, -0.2) is 0 Å². The van der Waals surface area contributed by atoms with Gasteiger partial charge in [0.1, 0.15) is 0 Å². The zero-order valence-corrected chi connectivity index (χ0v) is 10.1. The van der Waals surface area contributed by atoms with Crippen molar-refractivity contribution < 1.29 is 9.84 Å². The molecule has 1 atom stereocenters. The Kier molecular flexibility index (Phi) is 4.10. The Balaban J connectivity index is 2.22. The highest BCUT2D eigenvalue weighted by Gasteiger charge is 2.15. The van der Waals surface area contributed by atoms with E-state index in [-0.39, 0.29) is 6.61 Å². The van der Waals surface area contributed by atoms with Crippen molar-refractivity contribution in [1.29, 1.82) is 5.26 Å². The summed E-state index contributed by atoms with van der Waals surface area (Å²) < 4.78 is 6.63. The van der Waals surface area contributed by atoms with Crippen molar-refractivity contribution in [1.82, 2.24) is 0 Å². The first-order valence-corrected chi connectivity index (χ1v) is 6.33. The summed E-state index contributed by atoms with van der Waals surface area (Å²) in [4.78, 5) is 0. The van der Waals surface area contributed by atoms with Gasteiger partial charge in [-0.05, 0) is 23.3 Å². The first kappa shape index (κ1) is 12.1. The average molecular weight is 247 g/mol. The number of nitriles is 1. The Morgan fingerprint density at radius 3 is 3.00 bits per heavy atom. The number of aliphatic hydroxyl groups is 1. The molecule has 88 valence electrons. The van der Waals surface area contributed by atoms with Gasteiger partial charge in [0.05, 0.1) is 12.7 Å². The molecule has 1 heterocycles. The molecule has 1 N–H and O–H groups in total. The highest BCUT2D eigenvalue weighted by molar-refractivity contribution is 7.17. The van der Waals surface area contributed by atoms with Crippen molar-refractivity contribution >= 4 is 21.4 Å². The van der Waals surface area contributed by atoms with E-state index in [1.807, 2.05) is 29.6 Å². The van der Waals surface area contributed by atoms with Crippen LogP contribution in [0.5, 0.6) is 0 Å². The number of fused-ring (bicyclic) bond motifs is 1. The zero-order chi connectivity index (χ0) is 12.1. The Morgan fingerprint density at radius 1 is 1.41 bits per heavy atom. The van der Waals surface area contributed by atoms with E-state index in [0.717, 1.165) is 15.6 Å². The predicted molar refractivity (Wildman–Crippen MR) is 67.8 cm³/mol. The Hall–Kier alpha value is -1.41. The van der Waals surface area contributed by atoms with Crippen LogP contribution in [0.15, 0.2) is 29.6 Å². The van der Waals surface area contributed by atoms with E-state index in [0.29, 0.717) is 13.0 Å². The molecular weight excluding hydrogens is 234 g/mol. The van der Waals surface area contributed by atoms with E-state index in [4.69, 9.17) is 15.1 Å². The molecule has 0 amide bonds. The van der Waals surface area contributed by atoms with Crippen molar-refractivity contribution in [3.8, 4) is 6.07 Å². The topological polar surface area (TPSA) is 53.2 Å². The molecule has 0 saturated carbocycles. The normalized spacial score (nSPS) is 12.5. The van der Waals surface area contributed by atoms with E-state index >= 15 is 0 Å². The third kappa shape index (κ3) is 2.64. The largest absolute Gasteiger partial charge is 0.396 e. The number of rotatable bonds is 5.